The lowest BCUT2D eigenvalue weighted by Gasteiger charge is -2.35. The number of aliphatic carboxylic acids is 1. The van der Waals surface area contributed by atoms with Crippen LogP contribution in [0.2, 0.25) is 0 Å². The first-order chi connectivity index (χ1) is 18.3. The molecule has 8 nitrogen and oxygen atoms in total. The number of aryl methyl sites for hydroxylation is 1. The van der Waals surface area contributed by atoms with Gasteiger partial charge in [0.25, 0.3) is 0 Å². The first-order valence-corrected chi connectivity index (χ1v) is 13.6. The van der Waals surface area contributed by atoms with Crippen molar-refractivity contribution < 1.29 is 29.3 Å². The van der Waals surface area contributed by atoms with Gasteiger partial charge < -0.3 is 25.2 Å². The van der Waals surface area contributed by atoms with Gasteiger partial charge in [0.05, 0.1) is 6.10 Å². The number of nitrogens with zero attached hydrogens (tertiary/aromatic N) is 1. The van der Waals surface area contributed by atoms with E-state index >= 15 is 0 Å². The number of anilines is 1. The predicted molar refractivity (Wildman–Crippen MR) is 142 cm³/mol. The first kappa shape index (κ1) is 26.2. The highest BCUT2D eigenvalue weighted by Gasteiger charge is 2.42. The van der Waals surface area contributed by atoms with Crippen molar-refractivity contribution in [3.63, 3.8) is 0 Å². The second kappa shape index (κ2) is 11.2. The van der Waals surface area contributed by atoms with E-state index in [1.807, 2.05) is 18.2 Å². The highest BCUT2D eigenvalue weighted by atomic mass is 16.5. The molecule has 0 aromatic heterocycles. The Hall–Kier alpha value is -3.39. The topological polar surface area (TPSA) is 116 Å². The Balaban J connectivity index is 1.42. The number of nitrogens with one attached hydrogen (secondary N) is 1. The van der Waals surface area contributed by atoms with Gasteiger partial charge in [0.15, 0.2) is 0 Å². The van der Waals surface area contributed by atoms with Crippen molar-refractivity contribution >= 4 is 23.5 Å². The summed E-state index contributed by atoms with van der Waals surface area (Å²) >= 11 is 0. The summed E-state index contributed by atoms with van der Waals surface area (Å²) in [5.41, 5.74) is 3.62. The number of likely N-dealkylation sites (tertiary alicyclic amines) is 1. The molecule has 1 saturated heterocycles. The summed E-state index contributed by atoms with van der Waals surface area (Å²) in [5.74, 6) is -0.671. The fourth-order valence-electron chi connectivity index (χ4n) is 6.86. The zero-order valence-electron chi connectivity index (χ0n) is 21.8. The highest BCUT2D eigenvalue weighted by Crippen LogP contribution is 2.47. The largest absolute Gasteiger partial charge is 0.508 e. The van der Waals surface area contributed by atoms with Crippen LogP contribution in [0.4, 0.5) is 5.69 Å². The number of carboxylic acid groups (broad SMARTS) is 1. The van der Waals surface area contributed by atoms with Crippen molar-refractivity contribution in [1.29, 1.82) is 0 Å². The third-order valence-corrected chi connectivity index (χ3v) is 8.64. The standard InChI is InChI=1S/C30H36N2O6/c1-18(33)32-15-14-24(20-9-12-23(34)13-10-20)28(32)30(37)31-22-11-8-21-7-6-19-4-2-3-5-25(19)29(26(21)16-22)38-17-27(35)36/h8-13,16,19,24-25,28-29,34H,2-7,14-15,17H2,1H3,(H,31,37)(H,35,36)/t19?,24?,25?,28-,29?/m0/s1. The minimum atomic E-state index is -0.988. The van der Waals surface area contributed by atoms with E-state index in [-0.39, 0.29) is 42.1 Å². The summed E-state index contributed by atoms with van der Waals surface area (Å²) in [5, 5.41) is 22.1. The van der Waals surface area contributed by atoms with E-state index in [4.69, 9.17) is 4.74 Å². The molecule has 4 unspecified atom stereocenters. The van der Waals surface area contributed by atoms with Gasteiger partial charge in [-0.05, 0) is 78.5 Å². The minimum Gasteiger partial charge on any atom is -0.508 e. The molecule has 202 valence electrons. The number of phenolic OH excluding ortho intramolecular Hbond substituents is 1. The van der Waals surface area contributed by atoms with Crippen LogP contribution in [0.1, 0.15) is 74.2 Å². The van der Waals surface area contributed by atoms with Gasteiger partial charge in [-0.25, -0.2) is 4.79 Å². The Morgan fingerprint density at radius 1 is 1.03 bits per heavy atom. The van der Waals surface area contributed by atoms with Crippen LogP contribution in [0.15, 0.2) is 42.5 Å². The van der Waals surface area contributed by atoms with Crippen molar-refractivity contribution in [2.75, 3.05) is 18.5 Å². The molecule has 2 aromatic carbocycles. The molecule has 2 amide bonds. The van der Waals surface area contributed by atoms with E-state index in [2.05, 4.69) is 5.32 Å². The second-order valence-electron chi connectivity index (χ2n) is 10.9. The Bertz CT molecular complexity index is 1200. The molecule has 8 heteroatoms. The fraction of sp³-hybridized carbons (Fsp3) is 0.500. The maximum absolute atomic E-state index is 13.7. The monoisotopic (exact) mass is 520 g/mol. The van der Waals surface area contributed by atoms with Crippen molar-refractivity contribution in [3.05, 3.63) is 59.2 Å². The molecular formula is C30H36N2O6. The first-order valence-electron chi connectivity index (χ1n) is 13.6. The molecule has 2 aromatic rings. The smallest absolute Gasteiger partial charge is 0.329 e. The SMILES string of the molecule is CC(=O)N1CCC(c2ccc(O)cc2)[C@H]1C(=O)Nc1ccc2c(c1)C(OCC(=O)O)C1CCCCC1CC2. The number of phenols is 1. The number of carbonyl (C=O) groups excluding carboxylic acids is 2. The normalized spacial score (nSPS) is 26.7. The molecule has 2 aliphatic carbocycles. The summed E-state index contributed by atoms with van der Waals surface area (Å²) in [6.07, 6.45) is 6.74. The Morgan fingerprint density at radius 2 is 1.79 bits per heavy atom. The number of amides is 2. The number of ether oxygens (including phenoxy) is 1. The van der Waals surface area contributed by atoms with Gasteiger partial charge in [0.2, 0.25) is 11.8 Å². The summed E-state index contributed by atoms with van der Waals surface area (Å²) in [7, 11) is 0. The van der Waals surface area contributed by atoms with Crippen LogP contribution in [0.25, 0.3) is 0 Å². The third kappa shape index (κ3) is 5.41. The molecule has 1 saturated carbocycles. The highest BCUT2D eigenvalue weighted by molar-refractivity contribution is 5.98. The van der Waals surface area contributed by atoms with Crippen LogP contribution in [-0.4, -0.2) is 52.1 Å². The molecule has 38 heavy (non-hydrogen) atoms. The van der Waals surface area contributed by atoms with Gasteiger partial charge in [-0.2, -0.15) is 0 Å². The molecule has 2 fully saturated rings. The van der Waals surface area contributed by atoms with Crippen molar-refractivity contribution in [1.82, 2.24) is 4.90 Å². The summed E-state index contributed by atoms with van der Waals surface area (Å²) in [6.45, 7) is 1.61. The predicted octanol–water partition coefficient (Wildman–Crippen LogP) is 4.63. The van der Waals surface area contributed by atoms with Gasteiger partial charge in [-0.3, -0.25) is 9.59 Å². The molecule has 0 radical (unpaired) electrons. The molecule has 1 heterocycles. The van der Waals surface area contributed by atoms with Crippen LogP contribution in [0.5, 0.6) is 5.75 Å². The number of benzene rings is 2. The van der Waals surface area contributed by atoms with E-state index in [1.165, 1.54) is 13.3 Å². The van der Waals surface area contributed by atoms with Crippen molar-refractivity contribution in [2.24, 2.45) is 11.8 Å². The van der Waals surface area contributed by atoms with Crippen molar-refractivity contribution in [3.8, 4) is 5.75 Å². The molecule has 3 N–H and O–H groups in total. The Morgan fingerprint density at radius 3 is 2.53 bits per heavy atom. The number of fused-ring (bicyclic) bond motifs is 2. The van der Waals surface area contributed by atoms with Gasteiger partial charge in [0.1, 0.15) is 18.4 Å². The van der Waals surface area contributed by atoms with E-state index in [1.54, 1.807) is 29.2 Å². The fourth-order valence-corrected chi connectivity index (χ4v) is 6.86. The van der Waals surface area contributed by atoms with Crippen LogP contribution < -0.4 is 5.32 Å². The molecular weight excluding hydrogens is 484 g/mol. The van der Waals surface area contributed by atoms with E-state index in [0.717, 1.165) is 48.8 Å². The average Bonchev–Trinajstić information content (AvgIpc) is 3.28. The minimum absolute atomic E-state index is 0.154. The number of rotatable bonds is 6. The van der Waals surface area contributed by atoms with Crippen LogP contribution in [0, 0.1) is 11.8 Å². The molecule has 0 bridgehead atoms. The van der Waals surface area contributed by atoms with E-state index in [0.29, 0.717) is 24.6 Å². The van der Waals surface area contributed by atoms with Gasteiger partial charge in [-0.1, -0.05) is 37.5 Å². The summed E-state index contributed by atoms with van der Waals surface area (Å²) in [4.78, 5) is 39.1. The van der Waals surface area contributed by atoms with Gasteiger partial charge >= 0.3 is 5.97 Å². The van der Waals surface area contributed by atoms with Crippen LogP contribution in [0.3, 0.4) is 0 Å². The van der Waals surface area contributed by atoms with E-state index < -0.39 is 12.0 Å². The zero-order chi connectivity index (χ0) is 26.8. The molecule has 5 atom stereocenters. The Kier molecular flexibility index (Phi) is 7.70. The molecule has 3 aliphatic rings. The zero-order valence-corrected chi connectivity index (χ0v) is 21.8. The number of carboxylic acids is 1. The quantitative estimate of drug-likeness (QED) is 0.511. The number of hydrogen-bond acceptors (Lipinski definition) is 5. The second-order valence-corrected chi connectivity index (χ2v) is 10.9. The molecule has 0 spiro atoms. The van der Waals surface area contributed by atoms with Crippen LogP contribution in [-0.2, 0) is 25.5 Å². The van der Waals surface area contributed by atoms with Crippen molar-refractivity contribution in [2.45, 2.75) is 69.9 Å². The molecule has 5 rings (SSSR count). The maximum Gasteiger partial charge on any atom is 0.329 e. The van der Waals surface area contributed by atoms with E-state index in [9.17, 15) is 24.6 Å². The van der Waals surface area contributed by atoms with Crippen LogP contribution >= 0.6 is 0 Å². The summed E-state index contributed by atoms with van der Waals surface area (Å²) < 4.78 is 6.03. The summed E-state index contributed by atoms with van der Waals surface area (Å²) in [6, 6.07) is 12.0. The van der Waals surface area contributed by atoms with Gasteiger partial charge in [-0.15, -0.1) is 0 Å². The van der Waals surface area contributed by atoms with Gasteiger partial charge in [0, 0.05) is 25.1 Å². The Labute approximate surface area is 223 Å². The lowest BCUT2D eigenvalue weighted by Crippen LogP contribution is -2.44. The number of hydrogen-bond donors (Lipinski definition) is 3. The average molecular weight is 521 g/mol. The lowest BCUT2D eigenvalue weighted by atomic mass is 9.74. The number of carbonyl (C=O) groups is 3. The third-order valence-electron chi connectivity index (χ3n) is 8.64. The number of aromatic hydroxyl groups is 1. The maximum atomic E-state index is 13.7. The molecule has 1 aliphatic heterocycles. The lowest BCUT2D eigenvalue weighted by molar-refractivity contribution is -0.146.